The standard InChI is InChI=1S/C20H12Cl2N4O3/c21-14-2-3-15(22)16(7-14)25-20(27)12(8-23)5-13-9-24-26-19(13)11-1-4-17-18(6-11)29-10-28-17/h1-7,9H,10H2,(H,24,26)(H,25,27). The largest absolute Gasteiger partial charge is 0.454 e. The normalized spacial score (nSPS) is 12.5. The van der Waals surface area contributed by atoms with Crippen LogP contribution in [0.1, 0.15) is 5.56 Å². The summed E-state index contributed by atoms with van der Waals surface area (Å²) in [4.78, 5) is 12.6. The van der Waals surface area contributed by atoms with Crippen LogP contribution in [0, 0.1) is 11.3 Å². The molecular formula is C20H12Cl2N4O3. The second-order valence-corrected chi connectivity index (χ2v) is 6.86. The third-order valence-corrected chi connectivity index (χ3v) is 4.74. The molecule has 0 saturated carbocycles. The lowest BCUT2D eigenvalue weighted by molar-refractivity contribution is -0.112. The third kappa shape index (κ3) is 3.90. The van der Waals surface area contributed by atoms with Crippen molar-refractivity contribution in [1.29, 1.82) is 5.26 Å². The number of amides is 1. The van der Waals surface area contributed by atoms with Gasteiger partial charge in [0.25, 0.3) is 5.91 Å². The summed E-state index contributed by atoms with van der Waals surface area (Å²) >= 11 is 12.0. The number of nitriles is 1. The number of carbonyl (C=O) groups is 1. The first-order chi connectivity index (χ1) is 14.0. The fraction of sp³-hybridized carbons (Fsp3) is 0.0500. The maximum atomic E-state index is 12.6. The molecule has 0 saturated heterocycles. The number of carbonyl (C=O) groups excluding carboxylic acids is 1. The summed E-state index contributed by atoms with van der Waals surface area (Å²) in [5, 5.41) is 19.7. The molecule has 29 heavy (non-hydrogen) atoms. The topological polar surface area (TPSA) is 100 Å². The number of aromatic nitrogens is 2. The van der Waals surface area contributed by atoms with E-state index in [0.29, 0.717) is 38.5 Å². The Balaban J connectivity index is 1.63. The van der Waals surface area contributed by atoms with E-state index in [4.69, 9.17) is 32.7 Å². The van der Waals surface area contributed by atoms with E-state index in [1.807, 2.05) is 12.1 Å². The van der Waals surface area contributed by atoms with Gasteiger partial charge in [-0.05, 0) is 42.5 Å². The Bertz CT molecular complexity index is 1180. The molecule has 2 heterocycles. The van der Waals surface area contributed by atoms with E-state index >= 15 is 0 Å². The Hall–Kier alpha value is -3.47. The molecule has 2 N–H and O–H groups in total. The molecule has 0 aliphatic carbocycles. The molecule has 0 radical (unpaired) electrons. The van der Waals surface area contributed by atoms with Crippen LogP contribution < -0.4 is 14.8 Å². The van der Waals surface area contributed by atoms with Gasteiger partial charge in [0, 0.05) is 16.1 Å². The van der Waals surface area contributed by atoms with Gasteiger partial charge in [-0.1, -0.05) is 23.2 Å². The van der Waals surface area contributed by atoms with Crippen LogP contribution in [0.15, 0.2) is 48.2 Å². The van der Waals surface area contributed by atoms with E-state index in [0.717, 1.165) is 5.56 Å². The highest BCUT2D eigenvalue weighted by molar-refractivity contribution is 6.36. The van der Waals surface area contributed by atoms with Crippen molar-refractivity contribution >= 4 is 40.9 Å². The van der Waals surface area contributed by atoms with Crippen LogP contribution in [0.3, 0.4) is 0 Å². The molecule has 1 aliphatic heterocycles. The molecule has 2 aromatic carbocycles. The van der Waals surface area contributed by atoms with Crippen LogP contribution in [-0.2, 0) is 4.79 Å². The van der Waals surface area contributed by atoms with Crippen molar-refractivity contribution < 1.29 is 14.3 Å². The average Bonchev–Trinajstić information content (AvgIpc) is 3.37. The van der Waals surface area contributed by atoms with Crippen LogP contribution >= 0.6 is 23.2 Å². The molecule has 9 heteroatoms. The number of hydrogen-bond acceptors (Lipinski definition) is 5. The summed E-state index contributed by atoms with van der Waals surface area (Å²) < 4.78 is 10.7. The maximum absolute atomic E-state index is 12.6. The van der Waals surface area contributed by atoms with Gasteiger partial charge in [-0.25, -0.2) is 0 Å². The first-order valence-corrected chi connectivity index (χ1v) is 9.12. The van der Waals surface area contributed by atoms with Crippen LogP contribution in [-0.4, -0.2) is 22.9 Å². The Labute approximate surface area is 175 Å². The molecule has 4 rings (SSSR count). The second-order valence-electron chi connectivity index (χ2n) is 6.02. The summed E-state index contributed by atoms with van der Waals surface area (Å²) in [6.07, 6.45) is 2.97. The molecule has 144 valence electrons. The van der Waals surface area contributed by atoms with Gasteiger partial charge in [0.05, 0.1) is 22.6 Å². The van der Waals surface area contributed by atoms with Crippen molar-refractivity contribution in [2.75, 3.05) is 12.1 Å². The minimum Gasteiger partial charge on any atom is -0.454 e. The number of hydrogen-bond donors (Lipinski definition) is 2. The zero-order valence-electron chi connectivity index (χ0n) is 14.7. The number of aromatic amines is 1. The van der Waals surface area contributed by atoms with Gasteiger partial charge in [0.1, 0.15) is 11.6 Å². The predicted molar refractivity (Wildman–Crippen MR) is 109 cm³/mol. The Morgan fingerprint density at radius 1 is 1.21 bits per heavy atom. The highest BCUT2D eigenvalue weighted by Gasteiger charge is 2.17. The quantitative estimate of drug-likeness (QED) is 0.466. The molecular weight excluding hydrogens is 415 g/mol. The molecule has 0 atom stereocenters. The van der Waals surface area contributed by atoms with Crippen molar-refractivity contribution in [2.24, 2.45) is 0 Å². The average molecular weight is 427 g/mol. The van der Waals surface area contributed by atoms with Gasteiger partial charge < -0.3 is 14.8 Å². The second kappa shape index (κ2) is 7.87. The SMILES string of the molecule is N#CC(=Cc1cn[nH]c1-c1ccc2c(c1)OCO2)C(=O)Nc1cc(Cl)ccc1Cl. The Morgan fingerprint density at radius 3 is 2.86 bits per heavy atom. The number of nitrogens with one attached hydrogen (secondary N) is 2. The van der Waals surface area contributed by atoms with E-state index < -0.39 is 5.91 Å². The van der Waals surface area contributed by atoms with Crippen LogP contribution in [0.25, 0.3) is 17.3 Å². The van der Waals surface area contributed by atoms with E-state index in [2.05, 4.69) is 15.5 Å². The van der Waals surface area contributed by atoms with Gasteiger partial charge in [0.2, 0.25) is 6.79 Å². The van der Waals surface area contributed by atoms with Crippen LogP contribution in [0.4, 0.5) is 5.69 Å². The fourth-order valence-corrected chi connectivity index (χ4v) is 3.11. The highest BCUT2D eigenvalue weighted by Crippen LogP contribution is 2.36. The number of fused-ring (bicyclic) bond motifs is 1. The minimum atomic E-state index is -0.616. The summed E-state index contributed by atoms with van der Waals surface area (Å²) in [5.41, 5.74) is 2.16. The Kier molecular flexibility index (Phi) is 5.12. The summed E-state index contributed by atoms with van der Waals surface area (Å²) in [5.74, 6) is 0.649. The lowest BCUT2D eigenvalue weighted by Gasteiger charge is -2.07. The highest BCUT2D eigenvalue weighted by atomic mass is 35.5. The van der Waals surface area contributed by atoms with Gasteiger partial charge in [-0.15, -0.1) is 0 Å². The number of H-pyrrole nitrogens is 1. The van der Waals surface area contributed by atoms with E-state index in [-0.39, 0.29) is 12.4 Å². The molecule has 0 fully saturated rings. The summed E-state index contributed by atoms with van der Waals surface area (Å²) in [7, 11) is 0. The van der Waals surface area contributed by atoms with Crippen LogP contribution in [0.2, 0.25) is 10.0 Å². The summed E-state index contributed by atoms with van der Waals surface area (Å²) in [6, 6.07) is 12.0. The number of ether oxygens (including phenoxy) is 2. The molecule has 0 spiro atoms. The monoisotopic (exact) mass is 426 g/mol. The molecule has 0 unspecified atom stereocenters. The summed E-state index contributed by atoms with van der Waals surface area (Å²) in [6.45, 7) is 0.166. The molecule has 1 aromatic heterocycles. The molecule has 0 bridgehead atoms. The molecule has 1 amide bonds. The van der Waals surface area contributed by atoms with Crippen molar-refractivity contribution in [2.45, 2.75) is 0 Å². The van der Waals surface area contributed by atoms with Crippen molar-refractivity contribution in [3.05, 3.63) is 63.8 Å². The lowest BCUT2D eigenvalue weighted by atomic mass is 10.1. The van der Waals surface area contributed by atoms with Crippen molar-refractivity contribution in [1.82, 2.24) is 10.2 Å². The zero-order valence-corrected chi connectivity index (χ0v) is 16.2. The van der Waals surface area contributed by atoms with E-state index in [1.54, 1.807) is 24.3 Å². The molecule has 7 nitrogen and oxygen atoms in total. The number of anilines is 1. The van der Waals surface area contributed by atoms with E-state index in [9.17, 15) is 10.1 Å². The first-order valence-electron chi connectivity index (χ1n) is 8.37. The van der Waals surface area contributed by atoms with Gasteiger partial charge in [-0.3, -0.25) is 9.89 Å². The zero-order chi connectivity index (χ0) is 20.4. The number of halogens is 2. The smallest absolute Gasteiger partial charge is 0.266 e. The lowest BCUT2D eigenvalue weighted by Crippen LogP contribution is -2.13. The van der Waals surface area contributed by atoms with Gasteiger partial charge >= 0.3 is 0 Å². The van der Waals surface area contributed by atoms with E-state index in [1.165, 1.54) is 18.3 Å². The third-order valence-electron chi connectivity index (χ3n) is 4.17. The number of rotatable bonds is 4. The number of nitrogens with zero attached hydrogens (tertiary/aromatic N) is 2. The predicted octanol–water partition coefficient (Wildman–Crippen LogP) is 4.66. The molecule has 1 aliphatic rings. The minimum absolute atomic E-state index is 0.121. The Morgan fingerprint density at radius 2 is 2.03 bits per heavy atom. The van der Waals surface area contributed by atoms with Gasteiger partial charge in [-0.2, -0.15) is 10.4 Å². The van der Waals surface area contributed by atoms with Gasteiger partial charge in [0.15, 0.2) is 11.5 Å². The maximum Gasteiger partial charge on any atom is 0.266 e. The van der Waals surface area contributed by atoms with Crippen LogP contribution in [0.5, 0.6) is 11.5 Å². The van der Waals surface area contributed by atoms with Crippen molar-refractivity contribution in [3.8, 4) is 28.8 Å². The molecule has 3 aromatic rings. The first kappa shape index (κ1) is 18.9. The van der Waals surface area contributed by atoms with Crippen molar-refractivity contribution in [3.63, 3.8) is 0 Å². The fourth-order valence-electron chi connectivity index (χ4n) is 2.78. The number of benzene rings is 2.